The molecule has 0 bridgehead atoms. The van der Waals surface area contributed by atoms with Gasteiger partial charge in [-0.1, -0.05) is 25.0 Å². The highest BCUT2D eigenvalue weighted by Gasteiger charge is 2.27. The van der Waals surface area contributed by atoms with Crippen molar-refractivity contribution < 1.29 is 19.1 Å². The Morgan fingerprint density at radius 3 is 2.42 bits per heavy atom. The van der Waals surface area contributed by atoms with E-state index in [4.69, 9.17) is 9.47 Å². The minimum Gasteiger partial charge on any atom is -0.497 e. The quantitative estimate of drug-likeness (QED) is 0.686. The minimum absolute atomic E-state index is 0.0800. The first-order valence-corrected chi connectivity index (χ1v) is 8.72. The number of amides is 1. The van der Waals surface area contributed by atoms with E-state index in [1.807, 2.05) is 29.2 Å². The second kappa shape index (κ2) is 9.30. The maximum atomic E-state index is 12.8. The molecular formula is C19H27NO4. The lowest BCUT2D eigenvalue weighted by Crippen LogP contribution is -2.41. The lowest BCUT2D eigenvalue weighted by Gasteiger charge is -2.29. The molecule has 1 saturated carbocycles. The predicted octanol–water partition coefficient (Wildman–Crippen LogP) is 2.96. The van der Waals surface area contributed by atoms with Crippen molar-refractivity contribution in [1.29, 1.82) is 0 Å². The third kappa shape index (κ3) is 5.25. The summed E-state index contributed by atoms with van der Waals surface area (Å²) in [5, 5.41) is 0. The van der Waals surface area contributed by atoms with Crippen LogP contribution in [0.2, 0.25) is 0 Å². The second-order valence-electron chi connectivity index (χ2n) is 6.11. The van der Waals surface area contributed by atoms with E-state index >= 15 is 0 Å². The first kappa shape index (κ1) is 18.3. The van der Waals surface area contributed by atoms with Crippen LogP contribution in [0.3, 0.4) is 0 Å². The van der Waals surface area contributed by atoms with Gasteiger partial charge in [-0.05, 0) is 37.5 Å². The van der Waals surface area contributed by atoms with Gasteiger partial charge in [0.25, 0.3) is 0 Å². The Morgan fingerprint density at radius 1 is 1.17 bits per heavy atom. The molecule has 0 atom stereocenters. The van der Waals surface area contributed by atoms with Gasteiger partial charge in [0.05, 0.1) is 26.6 Å². The van der Waals surface area contributed by atoms with Gasteiger partial charge in [-0.15, -0.1) is 0 Å². The van der Waals surface area contributed by atoms with E-state index in [0.717, 1.165) is 37.0 Å². The number of methoxy groups -OCH3 is 1. The van der Waals surface area contributed by atoms with Crippen molar-refractivity contribution in [3.63, 3.8) is 0 Å². The van der Waals surface area contributed by atoms with E-state index in [-0.39, 0.29) is 24.3 Å². The Labute approximate surface area is 143 Å². The molecule has 0 saturated heterocycles. The fourth-order valence-corrected chi connectivity index (χ4v) is 3.19. The summed E-state index contributed by atoms with van der Waals surface area (Å²) in [4.78, 5) is 26.3. The average Bonchev–Trinajstić information content (AvgIpc) is 3.10. The lowest BCUT2D eigenvalue weighted by molar-refractivity contribution is -0.144. The summed E-state index contributed by atoms with van der Waals surface area (Å²) in [5.74, 6) is 0.621. The van der Waals surface area contributed by atoms with Gasteiger partial charge < -0.3 is 14.4 Å². The Balaban J connectivity index is 1.98. The van der Waals surface area contributed by atoms with Crippen LogP contribution in [0.25, 0.3) is 0 Å². The van der Waals surface area contributed by atoms with Gasteiger partial charge in [-0.2, -0.15) is 0 Å². The number of nitrogens with zero attached hydrogens (tertiary/aromatic N) is 1. The molecule has 24 heavy (non-hydrogen) atoms. The third-order valence-corrected chi connectivity index (χ3v) is 4.46. The highest BCUT2D eigenvalue weighted by atomic mass is 16.5. The van der Waals surface area contributed by atoms with Crippen LogP contribution in [-0.2, 0) is 20.7 Å². The first-order valence-electron chi connectivity index (χ1n) is 8.72. The van der Waals surface area contributed by atoms with Crippen molar-refractivity contribution >= 4 is 11.9 Å². The summed E-state index contributed by atoms with van der Waals surface area (Å²) in [7, 11) is 1.62. The molecule has 0 aliphatic heterocycles. The zero-order valence-corrected chi connectivity index (χ0v) is 14.6. The van der Waals surface area contributed by atoms with E-state index in [9.17, 15) is 9.59 Å². The molecule has 0 radical (unpaired) electrons. The summed E-state index contributed by atoms with van der Waals surface area (Å²) < 4.78 is 10.1. The normalized spacial score (nSPS) is 14.4. The van der Waals surface area contributed by atoms with Gasteiger partial charge in [0, 0.05) is 12.6 Å². The van der Waals surface area contributed by atoms with Crippen LogP contribution >= 0.6 is 0 Å². The van der Waals surface area contributed by atoms with Gasteiger partial charge in [0.2, 0.25) is 5.91 Å². The van der Waals surface area contributed by atoms with Gasteiger partial charge in [0.1, 0.15) is 5.75 Å². The van der Waals surface area contributed by atoms with Crippen molar-refractivity contribution in [2.75, 3.05) is 20.3 Å². The smallest absolute Gasteiger partial charge is 0.307 e. The number of carbonyl (C=O) groups is 2. The van der Waals surface area contributed by atoms with E-state index < -0.39 is 0 Å². The fraction of sp³-hybridized carbons (Fsp3) is 0.579. The van der Waals surface area contributed by atoms with Crippen molar-refractivity contribution in [1.82, 2.24) is 4.90 Å². The van der Waals surface area contributed by atoms with Gasteiger partial charge in [-0.25, -0.2) is 0 Å². The molecule has 0 spiro atoms. The Morgan fingerprint density at radius 2 is 1.83 bits per heavy atom. The monoisotopic (exact) mass is 333 g/mol. The van der Waals surface area contributed by atoms with E-state index in [2.05, 4.69) is 0 Å². The fourth-order valence-electron chi connectivity index (χ4n) is 3.19. The molecule has 1 aliphatic rings. The van der Waals surface area contributed by atoms with Crippen LogP contribution in [0, 0.1) is 0 Å². The van der Waals surface area contributed by atoms with Crippen molar-refractivity contribution in [3.05, 3.63) is 29.8 Å². The zero-order chi connectivity index (χ0) is 17.4. The van der Waals surface area contributed by atoms with Crippen LogP contribution in [0.15, 0.2) is 24.3 Å². The Hall–Kier alpha value is -2.04. The van der Waals surface area contributed by atoms with E-state index in [1.54, 1.807) is 14.0 Å². The van der Waals surface area contributed by atoms with Crippen molar-refractivity contribution in [2.45, 2.75) is 51.5 Å². The highest BCUT2D eigenvalue weighted by molar-refractivity contribution is 5.80. The summed E-state index contributed by atoms with van der Waals surface area (Å²) in [6.45, 7) is 2.61. The largest absolute Gasteiger partial charge is 0.497 e. The second-order valence-corrected chi connectivity index (χ2v) is 6.11. The first-order chi connectivity index (χ1) is 11.6. The Kier molecular flexibility index (Phi) is 7.09. The average molecular weight is 333 g/mol. The SMILES string of the molecule is CCOC(=O)CCN(C(=O)Cc1ccc(OC)cc1)C1CCCC1. The molecule has 132 valence electrons. The van der Waals surface area contributed by atoms with Crippen molar-refractivity contribution in [2.24, 2.45) is 0 Å². The topological polar surface area (TPSA) is 55.8 Å². The summed E-state index contributed by atoms with van der Waals surface area (Å²) in [5.41, 5.74) is 0.958. The van der Waals surface area contributed by atoms with Gasteiger partial charge >= 0.3 is 5.97 Å². The van der Waals surface area contributed by atoms with Crippen LogP contribution in [0.4, 0.5) is 0 Å². The minimum atomic E-state index is -0.238. The van der Waals surface area contributed by atoms with Crippen LogP contribution in [-0.4, -0.2) is 43.1 Å². The number of hydrogen-bond acceptors (Lipinski definition) is 4. The molecule has 0 heterocycles. The standard InChI is InChI=1S/C19H27NO4/c1-3-24-19(22)12-13-20(16-6-4-5-7-16)18(21)14-15-8-10-17(23-2)11-9-15/h8-11,16H,3-7,12-14H2,1-2H3. The van der Waals surface area contributed by atoms with Gasteiger partial charge in [-0.3, -0.25) is 9.59 Å². The molecular weight excluding hydrogens is 306 g/mol. The molecule has 0 N–H and O–H groups in total. The zero-order valence-electron chi connectivity index (χ0n) is 14.6. The summed E-state index contributed by atoms with van der Waals surface area (Å²) >= 11 is 0. The molecule has 1 aromatic carbocycles. The Bertz CT molecular complexity index is 535. The molecule has 1 fully saturated rings. The van der Waals surface area contributed by atoms with Crippen molar-refractivity contribution in [3.8, 4) is 5.75 Å². The molecule has 2 rings (SSSR count). The molecule has 1 aromatic rings. The number of hydrogen-bond donors (Lipinski definition) is 0. The summed E-state index contributed by atoms with van der Waals surface area (Å²) in [6, 6.07) is 7.80. The number of esters is 1. The number of benzene rings is 1. The lowest BCUT2D eigenvalue weighted by atomic mass is 10.1. The van der Waals surface area contributed by atoms with Crippen LogP contribution < -0.4 is 4.74 Å². The molecule has 0 unspecified atom stereocenters. The maximum absolute atomic E-state index is 12.8. The number of rotatable bonds is 8. The molecule has 0 aromatic heterocycles. The van der Waals surface area contributed by atoms with Crippen LogP contribution in [0.5, 0.6) is 5.75 Å². The highest BCUT2D eigenvalue weighted by Crippen LogP contribution is 2.24. The molecule has 1 amide bonds. The molecule has 5 nitrogen and oxygen atoms in total. The maximum Gasteiger partial charge on any atom is 0.307 e. The van der Waals surface area contributed by atoms with Crippen LogP contribution in [0.1, 0.15) is 44.6 Å². The number of ether oxygens (including phenoxy) is 2. The third-order valence-electron chi connectivity index (χ3n) is 4.46. The van der Waals surface area contributed by atoms with E-state index in [1.165, 1.54) is 0 Å². The molecule has 1 aliphatic carbocycles. The van der Waals surface area contributed by atoms with Gasteiger partial charge in [0.15, 0.2) is 0 Å². The summed E-state index contributed by atoms with van der Waals surface area (Å²) in [6.07, 6.45) is 4.96. The van der Waals surface area contributed by atoms with E-state index in [0.29, 0.717) is 19.6 Å². The predicted molar refractivity (Wildman–Crippen MR) is 91.9 cm³/mol. The molecule has 5 heteroatoms. The number of carbonyl (C=O) groups excluding carboxylic acids is 2.